The Kier molecular flexibility index (Phi) is 5.97. The van der Waals surface area contributed by atoms with Gasteiger partial charge in [0, 0.05) is 41.0 Å². The lowest BCUT2D eigenvalue weighted by Gasteiger charge is -2.35. The molecule has 3 rings (SSSR count). The van der Waals surface area contributed by atoms with Gasteiger partial charge in [0.05, 0.1) is 12.6 Å². The van der Waals surface area contributed by atoms with E-state index in [2.05, 4.69) is 22.3 Å². The second-order valence-corrected chi connectivity index (χ2v) is 7.13. The molecule has 122 valence electrons. The van der Waals surface area contributed by atoms with Gasteiger partial charge in [0.1, 0.15) is 0 Å². The van der Waals surface area contributed by atoms with Crippen LogP contribution in [0, 0.1) is 0 Å². The van der Waals surface area contributed by atoms with Gasteiger partial charge in [-0.25, -0.2) is 0 Å². The maximum absolute atomic E-state index is 9.97. The highest BCUT2D eigenvalue weighted by atomic mass is 35.5. The van der Waals surface area contributed by atoms with Gasteiger partial charge in [0.15, 0.2) is 0 Å². The molecule has 1 fully saturated rings. The molecule has 1 aliphatic heterocycles. The molecule has 23 heavy (non-hydrogen) atoms. The number of piperazine rings is 1. The van der Waals surface area contributed by atoms with Gasteiger partial charge in [0.25, 0.3) is 0 Å². The van der Waals surface area contributed by atoms with Crippen LogP contribution < -0.4 is 5.32 Å². The predicted molar refractivity (Wildman–Crippen MR) is 96.3 cm³/mol. The van der Waals surface area contributed by atoms with E-state index in [1.807, 2.05) is 36.4 Å². The number of hydrogen-bond acceptors (Lipinski definition) is 4. The summed E-state index contributed by atoms with van der Waals surface area (Å²) in [7, 11) is 0. The van der Waals surface area contributed by atoms with Crippen molar-refractivity contribution in [2.24, 2.45) is 0 Å². The molecular formula is C18H21ClN2OS. The summed E-state index contributed by atoms with van der Waals surface area (Å²) in [5.74, 6) is 0. The molecule has 0 radical (unpaired) electrons. The molecule has 1 atom stereocenters. The molecule has 0 amide bonds. The van der Waals surface area contributed by atoms with E-state index in [1.54, 1.807) is 11.8 Å². The number of nitrogens with zero attached hydrogens (tertiary/aromatic N) is 1. The highest BCUT2D eigenvalue weighted by Gasteiger charge is 2.23. The standard InChI is InChI=1S/C18H21ClN2OS/c19-14-5-7-15(8-6-14)23-18-4-2-1-3-16(18)17(13-22)21-11-9-20-10-12-21/h1-8,17,20,22H,9-13H2/t17-/m1/s1. The van der Waals surface area contributed by atoms with Gasteiger partial charge >= 0.3 is 0 Å². The minimum Gasteiger partial charge on any atom is -0.394 e. The Morgan fingerprint density at radius 2 is 1.78 bits per heavy atom. The van der Waals surface area contributed by atoms with E-state index < -0.39 is 0 Å². The highest BCUT2D eigenvalue weighted by molar-refractivity contribution is 7.99. The van der Waals surface area contributed by atoms with Gasteiger partial charge in [-0.2, -0.15) is 0 Å². The second kappa shape index (κ2) is 8.18. The average molecular weight is 349 g/mol. The molecule has 1 heterocycles. The Bertz CT molecular complexity index is 629. The molecule has 0 saturated carbocycles. The molecule has 2 aromatic rings. The number of aliphatic hydroxyl groups excluding tert-OH is 1. The van der Waals surface area contributed by atoms with Crippen LogP contribution >= 0.6 is 23.4 Å². The SMILES string of the molecule is OC[C@H](c1ccccc1Sc1ccc(Cl)cc1)N1CCNCC1. The highest BCUT2D eigenvalue weighted by Crippen LogP contribution is 2.35. The second-order valence-electron chi connectivity index (χ2n) is 5.58. The first kappa shape index (κ1) is 16.8. The average Bonchev–Trinajstić information content (AvgIpc) is 2.60. The van der Waals surface area contributed by atoms with Crippen LogP contribution in [-0.2, 0) is 0 Å². The summed E-state index contributed by atoms with van der Waals surface area (Å²) in [6, 6.07) is 16.3. The molecule has 0 spiro atoms. The van der Waals surface area contributed by atoms with Crippen molar-refractivity contribution in [1.82, 2.24) is 10.2 Å². The topological polar surface area (TPSA) is 35.5 Å². The van der Waals surface area contributed by atoms with E-state index in [9.17, 15) is 5.11 Å². The third-order valence-corrected chi connectivity index (χ3v) is 5.44. The fourth-order valence-corrected chi connectivity index (χ4v) is 4.00. The number of aliphatic hydroxyl groups is 1. The third kappa shape index (κ3) is 4.28. The summed E-state index contributed by atoms with van der Waals surface area (Å²) >= 11 is 7.68. The molecule has 3 nitrogen and oxygen atoms in total. The Hall–Kier alpha value is -1.04. The monoisotopic (exact) mass is 348 g/mol. The Balaban J connectivity index is 1.85. The number of nitrogens with one attached hydrogen (secondary N) is 1. The van der Waals surface area contributed by atoms with E-state index in [1.165, 1.54) is 10.5 Å². The summed E-state index contributed by atoms with van der Waals surface area (Å²) in [5.41, 5.74) is 1.19. The fraction of sp³-hybridized carbons (Fsp3) is 0.333. The van der Waals surface area contributed by atoms with Gasteiger partial charge in [-0.15, -0.1) is 0 Å². The van der Waals surface area contributed by atoms with Gasteiger partial charge < -0.3 is 10.4 Å². The fourth-order valence-electron chi connectivity index (χ4n) is 2.88. The van der Waals surface area contributed by atoms with Crippen molar-refractivity contribution in [3.8, 4) is 0 Å². The quantitative estimate of drug-likeness (QED) is 0.867. The molecule has 1 aliphatic rings. The lowest BCUT2D eigenvalue weighted by atomic mass is 10.1. The van der Waals surface area contributed by atoms with Gasteiger partial charge in [0.2, 0.25) is 0 Å². The van der Waals surface area contributed by atoms with Crippen molar-refractivity contribution in [2.45, 2.75) is 15.8 Å². The lowest BCUT2D eigenvalue weighted by molar-refractivity contribution is 0.109. The molecule has 1 saturated heterocycles. The number of benzene rings is 2. The number of halogens is 1. The summed E-state index contributed by atoms with van der Waals surface area (Å²) in [4.78, 5) is 4.70. The van der Waals surface area contributed by atoms with Crippen LogP contribution in [0.2, 0.25) is 5.02 Å². The molecule has 0 bridgehead atoms. The zero-order valence-corrected chi connectivity index (χ0v) is 14.5. The van der Waals surface area contributed by atoms with Gasteiger partial charge in [-0.1, -0.05) is 41.6 Å². The van der Waals surface area contributed by atoms with Crippen LogP contribution in [0.15, 0.2) is 58.3 Å². The van der Waals surface area contributed by atoms with Crippen molar-refractivity contribution in [3.05, 3.63) is 59.1 Å². The Labute approximate surface area is 146 Å². The minimum absolute atomic E-state index is 0.0492. The summed E-state index contributed by atoms with van der Waals surface area (Å²) in [6.07, 6.45) is 0. The van der Waals surface area contributed by atoms with Crippen LogP contribution in [0.4, 0.5) is 0 Å². The van der Waals surface area contributed by atoms with Crippen molar-refractivity contribution in [2.75, 3.05) is 32.8 Å². The van der Waals surface area contributed by atoms with Crippen molar-refractivity contribution < 1.29 is 5.11 Å². The van der Waals surface area contributed by atoms with E-state index in [-0.39, 0.29) is 12.6 Å². The van der Waals surface area contributed by atoms with E-state index in [0.717, 1.165) is 36.1 Å². The van der Waals surface area contributed by atoms with Crippen LogP contribution in [0.25, 0.3) is 0 Å². The maximum Gasteiger partial charge on any atom is 0.0629 e. The minimum atomic E-state index is 0.0492. The van der Waals surface area contributed by atoms with Crippen molar-refractivity contribution in [1.29, 1.82) is 0 Å². The number of rotatable bonds is 5. The van der Waals surface area contributed by atoms with Crippen LogP contribution in [-0.4, -0.2) is 42.8 Å². The Morgan fingerprint density at radius 3 is 2.48 bits per heavy atom. The smallest absolute Gasteiger partial charge is 0.0629 e. The third-order valence-electron chi connectivity index (χ3n) is 4.08. The van der Waals surface area contributed by atoms with Crippen LogP contribution in [0.3, 0.4) is 0 Å². The maximum atomic E-state index is 9.97. The van der Waals surface area contributed by atoms with E-state index in [0.29, 0.717) is 0 Å². The van der Waals surface area contributed by atoms with E-state index >= 15 is 0 Å². The molecule has 0 aliphatic carbocycles. The van der Waals surface area contributed by atoms with Crippen LogP contribution in [0.1, 0.15) is 11.6 Å². The molecule has 2 N–H and O–H groups in total. The molecular weight excluding hydrogens is 328 g/mol. The normalized spacial score (nSPS) is 17.1. The van der Waals surface area contributed by atoms with E-state index in [4.69, 9.17) is 11.6 Å². The van der Waals surface area contributed by atoms with Gasteiger partial charge in [-0.3, -0.25) is 4.90 Å². The van der Waals surface area contributed by atoms with Crippen LogP contribution in [0.5, 0.6) is 0 Å². The zero-order chi connectivity index (χ0) is 16.1. The first-order valence-electron chi connectivity index (χ1n) is 7.86. The first-order valence-corrected chi connectivity index (χ1v) is 9.05. The lowest BCUT2D eigenvalue weighted by Crippen LogP contribution is -2.46. The van der Waals surface area contributed by atoms with Crippen molar-refractivity contribution in [3.63, 3.8) is 0 Å². The summed E-state index contributed by atoms with van der Waals surface area (Å²) in [6.45, 7) is 4.01. The molecule has 5 heteroatoms. The molecule has 0 unspecified atom stereocenters. The molecule has 0 aromatic heterocycles. The Morgan fingerprint density at radius 1 is 1.09 bits per heavy atom. The summed E-state index contributed by atoms with van der Waals surface area (Å²) < 4.78 is 0. The van der Waals surface area contributed by atoms with Crippen molar-refractivity contribution >= 4 is 23.4 Å². The zero-order valence-electron chi connectivity index (χ0n) is 12.9. The molecule has 2 aromatic carbocycles. The largest absolute Gasteiger partial charge is 0.394 e. The van der Waals surface area contributed by atoms with Gasteiger partial charge in [-0.05, 0) is 35.9 Å². The summed E-state index contributed by atoms with van der Waals surface area (Å²) in [5, 5.41) is 14.1. The first-order chi connectivity index (χ1) is 11.3. The number of hydrogen-bond donors (Lipinski definition) is 2. The predicted octanol–water partition coefficient (Wildman–Crippen LogP) is 3.43.